The van der Waals surface area contributed by atoms with Crippen molar-refractivity contribution in [1.29, 1.82) is 0 Å². The van der Waals surface area contributed by atoms with Crippen LogP contribution >= 0.6 is 0 Å². The fourth-order valence-electron chi connectivity index (χ4n) is 3.66. The van der Waals surface area contributed by atoms with Gasteiger partial charge >= 0.3 is 5.97 Å². The SMILES string of the molecule is CCCOC1(C(=O)Nc2ccc(O[C@H](C)CC)c(C(=O)OCC)c2)CCCCCC1. The Balaban J connectivity index is 2.27. The second-order valence-corrected chi connectivity index (χ2v) is 7.98. The largest absolute Gasteiger partial charge is 0.490 e. The van der Waals surface area contributed by atoms with Crippen LogP contribution in [0.5, 0.6) is 5.75 Å². The van der Waals surface area contributed by atoms with Crippen LogP contribution in [0.1, 0.15) is 89.4 Å². The lowest BCUT2D eigenvalue weighted by molar-refractivity contribution is -0.143. The van der Waals surface area contributed by atoms with Gasteiger partial charge < -0.3 is 19.5 Å². The van der Waals surface area contributed by atoms with Crippen molar-refractivity contribution in [2.75, 3.05) is 18.5 Å². The number of hydrogen-bond donors (Lipinski definition) is 1. The van der Waals surface area contributed by atoms with E-state index in [1.54, 1.807) is 25.1 Å². The molecule has 6 nitrogen and oxygen atoms in total. The number of ether oxygens (including phenoxy) is 3. The summed E-state index contributed by atoms with van der Waals surface area (Å²) in [5.74, 6) is -0.131. The maximum absolute atomic E-state index is 13.3. The standard InChI is InChI=1S/C24H37NO5/c1-5-16-29-24(14-10-8-9-11-15-24)23(27)25-19-12-13-21(30-18(4)6-2)20(17-19)22(26)28-7-3/h12-13,17-18H,5-11,14-16H2,1-4H3,(H,25,27)/t18-/m1/s1. The average molecular weight is 420 g/mol. The van der Waals surface area contributed by atoms with Crippen molar-refractivity contribution in [1.82, 2.24) is 0 Å². The van der Waals surface area contributed by atoms with E-state index in [4.69, 9.17) is 14.2 Å². The Morgan fingerprint density at radius 2 is 1.80 bits per heavy atom. The summed E-state index contributed by atoms with van der Waals surface area (Å²) in [5.41, 5.74) is 0.0605. The first-order valence-corrected chi connectivity index (χ1v) is 11.4. The van der Waals surface area contributed by atoms with Crippen LogP contribution in [-0.2, 0) is 14.3 Å². The number of nitrogens with one attached hydrogen (secondary N) is 1. The van der Waals surface area contributed by atoms with E-state index >= 15 is 0 Å². The average Bonchev–Trinajstić information content (AvgIpc) is 3.00. The maximum Gasteiger partial charge on any atom is 0.341 e. The molecule has 0 unspecified atom stereocenters. The molecule has 0 saturated heterocycles. The van der Waals surface area contributed by atoms with E-state index < -0.39 is 11.6 Å². The van der Waals surface area contributed by atoms with Crippen molar-refractivity contribution < 1.29 is 23.8 Å². The molecule has 1 N–H and O–H groups in total. The molecule has 1 aromatic carbocycles. The van der Waals surface area contributed by atoms with Crippen molar-refractivity contribution in [2.24, 2.45) is 0 Å². The second kappa shape index (κ2) is 11.9. The van der Waals surface area contributed by atoms with Crippen LogP contribution in [0.4, 0.5) is 5.69 Å². The minimum absolute atomic E-state index is 0.0321. The molecule has 0 radical (unpaired) electrons. The van der Waals surface area contributed by atoms with Gasteiger partial charge in [0.1, 0.15) is 16.9 Å². The normalized spacial score (nSPS) is 16.9. The number of carbonyl (C=O) groups is 2. The molecular weight excluding hydrogens is 382 g/mol. The Kier molecular flexibility index (Phi) is 9.63. The zero-order valence-corrected chi connectivity index (χ0v) is 18.9. The van der Waals surface area contributed by atoms with E-state index in [2.05, 4.69) is 5.32 Å². The molecule has 0 spiro atoms. The highest BCUT2D eigenvalue weighted by Crippen LogP contribution is 2.33. The predicted octanol–water partition coefficient (Wildman–Crippen LogP) is 5.50. The molecule has 30 heavy (non-hydrogen) atoms. The minimum atomic E-state index is -0.803. The zero-order chi connectivity index (χ0) is 22.0. The summed E-state index contributed by atoms with van der Waals surface area (Å²) in [5, 5.41) is 2.99. The topological polar surface area (TPSA) is 73.9 Å². The molecule has 1 aliphatic carbocycles. The monoisotopic (exact) mass is 419 g/mol. The summed E-state index contributed by atoms with van der Waals surface area (Å²) in [4.78, 5) is 25.8. The van der Waals surface area contributed by atoms with Gasteiger partial charge in [0, 0.05) is 12.3 Å². The Hall–Kier alpha value is -2.08. The van der Waals surface area contributed by atoms with E-state index in [0.717, 1.165) is 51.4 Å². The highest BCUT2D eigenvalue weighted by atomic mass is 16.5. The number of anilines is 1. The van der Waals surface area contributed by atoms with E-state index in [-0.39, 0.29) is 18.6 Å². The highest BCUT2D eigenvalue weighted by molar-refractivity contribution is 5.99. The van der Waals surface area contributed by atoms with Crippen LogP contribution in [0.2, 0.25) is 0 Å². The van der Waals surface area contributed by atoms with Crippen molar-refractivity contribution in [3.05, 3.63) is 23.8 Å². The number of rotatable bonds is 10. The van der Waals surface area contributed by atoms with E-state index in [0.29, 0.717) is 23.6 Å². The molecule has 1 fully saturated rings. The number of carbonyl (C=O) groups excluding carboxylic acids is 2. The van der Waals surface area contributed by atoms with Crippen LogP contribution in [0, 0.1) is 0 Å². The van der Waals surface area contributed by atoms with E-state index in [1.165, 1.54) is 0 Å². The second-order valence-electron chi connectivity index (χ2n) is 7.98. The van der Waals surface area contributed by atoms with Gasteiger partial charge in [-0.2, -0.15) is 0 Å². The van der Waals surface area contributed by atoms with Gasteiger partial charge in [0.15, 0.2) is 0 Å². The molecule has 2 rings (SSSR count). The molecule has 1 atom stereocenters. The smallest absolute Gasteiger partial charge is 0.341 e. The lowest BCUT2D eigenvalue weighted by Gasteiger charge is -2.31. The fraction of sp³-hybridized carbons (Fsp3) is 0.667. The first kappa shape index (κ1) is 24.2. The molecule has 1 saturated carbocycles. The summed E-state index contributed by atoms with van der Waals surface area (Å²) < 4.78 is 17.2. The Bertz CT molecular complexity index is 695. The van der Waals surface area contributed by atoms with Crippen LogP contribution in [-0.4, -0.2) is 36.8 Å². The lowest BCUT2D eigenvalue weighted by Crippen LogP contribution is -2.45. The van der Waals surface area contributed by atoms with Gasteiger partial charge in [-0.3, -0.25) is 4.79 Å². The third-order valence-corrected chi connectivity index (χ3v) is 5.54. The number of benzene rings is 1. The molecule has 0 heterocycles. The molecule has 0 bridgehead atoms. The first-order valence-electron chi connectivity index (χ1n) is 11.4. The minimum Gasteiger partial charge on any atom is -0.490 e. The molecule has 1 aromatic rings. The Morgan fingerprint density at radius 3 is 2.40 bits per heavy atom. The molecule has 0 aromatic heterocycles. The quantitative estimate of drug-likeness (QED) is 0.400. The van der Waals surface area contributed by atoms with Gasteiger partial charge in [0.2, 0.25) is 0 Å². The summed E-state index contributed by atoms with van der Waals surface area (Å²) in [6, 6.07) is 5.13. The van der Waals surface area contributed by atoms with Crippen LogP contribution in [0.25, 0.3) is 0 Å². The molecule has 0 aliphatic heterocycles. The maximum atomic E-state index is 13.3. The lowest BCUT2D eigenvalue weighted by atomic mass is 9.92. The molecular formula is C24H37NO5. The van der Waals surface area contributed by atoms with Crippen molar-refractivity contribution in [3.63, 3.8) is 0 Å². The Morgan fingerprint density at radius 1 is 1.10 bits per heavy atom. The van der Waals surface area contributed by atoms with Crippen LogP contribution < -0.4 is 10.1 Å². The molecule has 6 heteroatoms. The van der Waals surface area contributed by atoms with Crippen LogP contribution in [0.3, 0.4) is 0 Å². The highest BCUT2D eigenvalue weighted by Gasteiger charge is 2.39. The number of amides is 1. The number of hydrogen-bond acceptors (Lipinski definition) is 5. The molecule has 1 amide bonds. The number of esters is 1. The van der Waals surface area contributed by atoms with Crippen LogP contribution in [0.15, 0.2) is 18.2 Å². The predicted molar refractivity (Wildman–Crippen MR) is 118 cm³/mol. The fourth-order valence-corrected chi connectivity index (χ4v) is 3.66. The first-order chi connectivity index (χ1) is 14.5. The van der Waals surface area contributed by atoms with Gasteiger partial charge in [-0.05, 0) is 57.7 Å². The van der Waals surface area contributed by atoms with E-state index in [1.807, 2.05) is 20.8 Å². The van der Waals surface area contributed by atoms with Crippen molar-refractivity contribution >= 4 is 17.6 Å². The van der Waals surface area contributed by atoms with E-state index in [9.17, 15) is 9.59 Å². The van der Waals surface area contributed by atoms with Crippen molar-refractivity contribution in [3.8, 4) is 5.75 Å². The summed E-state index contributed by atoms with van der Waals surface area (Å²) in [6.07, 6.45) is 7.30. The summed E-state index contributed by atoms with van der Waals surface area (Å²) in [7, 11) is 0. The summed E-state index contributed by atoms with van der Waals surface area (Å²) in [6.45, 7) is 8.61. The van der Waals surface area contributed by atoms with Gasteiger partial charge in [0.25, 0.3) is 5.91 Å². The molecule has 168 valence electrons. The third-order valence-electron chi connectivity index (χ3n) is 5.54. The van der Waals surface area contributed by atoms with Gasteiger partial charge in [0.05, 0.1) is 12.7 Å². The summed E-state index contributed by atoms with van der Waals surface area (Å²) >= 11 is 0. The van der Waals surface area contributed by atoms with Gasteiger partial charge in [-0.1, -0.05) is 39.5 Å². The molecule has 1 aliphatic rings. The Labute approximate surface area is 180 Å². The third kappa shape index (κ3) is 6.46. The zero-order valence-electron chi connectivity index (χ0n) is 18.9. The van der Waals surface area contributed by atoms with Gasteiger partial charge in [-0.15, -0.1) is 0 Å². The van der Waals surface area contributed by atoms with Gasteiger partial charge in [-0.25, -0.2) is 4.79 Å². The van der Waals surface area contributed by atoms with Crippen molar-refractivity contribution in [2.45, 2.75) is 90.8 Å².